The lowest BCUT2D eigenvalue weighted by Gasteiger charge is -2.11. The van der Waals surface area contributed by atoms with Crippen molar-refractivity contribution >= 4 is 16.9 Å². The summed E-state index contributed by atoms with van der Waals surface area (Å²) in [7, 11) is 0. The average Bonchev–Trinajstić information content (AvgIpc) is 3.12. The second-order valence-electron chi connectivity index (χ2n) is 5.81. The van der Waals surface area contributed by atoms with Gasteiger partial charge in [0.25, 0.3) is 0 Å². The lowest BCUT2D eigenvalue weighted by molar-refractivity contribution is 0.0699. The van der Waals surface area contributed by atoms with Crippen LogP contribution in [0.4, 0.5) is 0 Å². The van der Waals surface area contributed by atoms with Crippen molar-refractivity contribution in [3.05, 3.63) is 35.5 Å². The van der Waals surface area contributed by atoms with Crippen LogP contribution in [0.3, 0.4) is 0 Å². The molecule has 4 heteroatoms. The summed E-state index contributed by atoms with van der Waals surface area (Å²) < 4.78 is 2.13. The fraction of sp³-hybridized carbons (Fsp3) is 0.471. The van der Waals surface area contributed by atoms with Crippen LogP contribution in [0.25, 0.3) is 10.9 Å². The number of aromatic nitrogens is 1. The molecule has 0 radical (unpaired) electrons. The molecule has 1 aliphatic rings. The largest absolute Gasteiger partial charge is 0.478 e. The molecule has 0 amide bonds. The lowest BCUT2D eigenvalue weighted by Crippen LogP contribution is -2.25. The molecule has 4 nitrogen and oxygen atoms in total. The molecule has 0 unspecified atom stereocenters. The first-order valence-electron chi connectivity index (χ1n) is 7.78. The van der Waals surface area contributed by atoms with Crippen LogP contribution in [0.1, 0.15) is 48.5 Å². The fourth-order valence-corrected chi connectivity index (χ4v) is 3.40. The van der Waals surface area contributed by atoms with Crippen molar-refractivity contribution in [1.82, 2.24) is 9.88 Å². The minimum absolute atomic E-state index is 0.405. The molecule has 0 atom stereocenters. The summed E-state index contributed by atoms with van der Waals surface area (Å²) >= 11 is 0. The van der Waals surface area contributed by atoms with Crippen molar-refractivity contribution < 1.29 is 9.90 Å². The summed E-state index contributed by atoms with van der Waals surface area (Å²) in [5, 5.41) is 13.9. The monoisotopic (exact) mass is 286 g/mol. The number of hydrogen-bond acceptors (Lipinski definition) is 2. The predicted octanol–water partition coefficient (Wildman–Crippen LogP) is 3.39. The molecule has 0 bridgehead atoms. The Bertz CT molecular complexity index is 654. The number of hydrogen-bond donors (Lipinski definition) is 2. The van der Waals surface area contributed by atoms with Gasteiger partial charge in [-0.05, 0) is 37.5 Å². The normalized spacial score (nSPS) is 15.9. The lowest BCUT2D eigenvalue weighted by atomic mass is 10.1. The molecular weight excluding hydrogens is 264 g/mol. The Morgan fingerprint density at radius 3 is 2.81 bits per heavy atom. The van der Waals surface area contributed by atoms with Crippen LogP contribution < -0.4 is 5.32 Å². The number of benzene rings is 1. The Morgan fingerprint density at radius 2 is 2.14 bits per heavy atom. The standard InChI is InChI=1S/C17H22N2O2/c1-2-19-11-12(10-18-13-6-3-4-7-13)16-14(17(20)21)8-5-9-15(16)19/h5,8-9,11,13,18H,2-4,6-7,10H2,1H3,(H,20,21). The number of nitrogens with zero attached hydrogens (tertiary/aromatic N) is 1. The average molecular weight is 286 g/mol. The van der Waals surface area contributed by atoms with Gasteiger partial charge in [-0.15, -0.1) is 0 Å². The second-order valence-corrected chi connectivity index (χ2v) is 5.81. The SMILES string of the molecule is CCn1cc(CNC2CCCC2)c2c(C(=O)O)cccc21. The molecule has 1 saturated carbocycles. The number of fused-ring (bicyclic) bond motifs is 1. The molecular formula is C17H22N2O2. The van der Waals surface area contributed by atoms with E-state index in [9.17, 15) is 9.90 Å². The summed E-state index contributed by atoms with van der Waals surface area (Å²) in [6.45, 7) is 3.68. The summed E-state index contributed by atoms with van der Waals surface area (Å²) in [5.41, 5.74) is 2.51. The van der Waals surface area contributed by atoms with Crippen LogP contribution in [-0.2, 0) is 13.1 Å². The number of rotatable bonds is 5. The van der Waals surface area contributed by atoms with Crippen LogP contribution >= 0.6 is 0 Å². The van der Waals surface area contributed by atoms with E-state index in [-0.39, 0.29) is 0 Å². The van der Waals surface area contributed by atoms with E-state index in [2.05, 4.69) is 23.0 Å². The van der Waals surface area contributed by atoms with Crippen LogP contribution in [-0.4, -0.2) is 21.7 Å². The molecule has 2 N–H and O–H groups in total. The zero-order chi connectivity index (χ0) is 14.8. The Hall–Kier alpha value is -1.81. The highest BCUT2D eigenvalue weighted by Gasteiger charge is 2.18. The van der Waals surface area contributed by atoms with Crippen molar-refractivity contribution in [3.63, 3.8) is 0 Å². The van der Waals surface area contributed by atoms with Gasteiger partial charge in [0.1, 0.15) is 0 Å². The van der Waals surface area contributed by atoms with E-state index < -0.39 is 5.97 Å². The van der Waals surface area contributed by atoms with Crippen molar-refractivity contribution in [3.8, 4) is 0 Å². The van der Waals surface area contributed by atoms with Gasteiger partial charge >= 0.3 is 5.97 Å². The van der Waals surface area contributed by atoms with Crippen LogP contribution in [0, 0.1) is 0 Å². The first-order chi connectivity index (χ1) is 10.2. The number of carboxylic acids is 1. The molecule has 0 aliphatic heterocycles. The van der Waals surface area contributed by atoms with E-state index in [0.717, 1.165) is 29.6 Å². The van der Waals surface area contributed by atoms with Gasteiger partial charge in [0.2, 0.25) is 0 Å². The zero-order valence-electron chi connectivity index (χ0n) is 12.4. The number of aryl methyl sites for hydroxylation is 1. The highest BCUT2D eigenvalue weighted by Crippen LogP contribution is 2.26. The van der Waals surface area contributed by atoms with E-state index in [4.69, 9.17) is 0 Å². The van der Waals surface area contributed by atoms with E-state index >= 15 is 0 Å². The molecule has 2 aromatic rings. The van der Waals surface area contributed by atoms with Gasteiger partial charge in [0.05, 0.1) is 5.56 Å². The molecule has 21 heavy (non-hydrogen) atoms. The summed E-state index contributed by atoms with van der Waals surface area (Å²) in [6, 6.07) is 6.11. The molecule has 1 fully saturated rings. The van der Waals surface area contributed by atoms with Gasteiger partial charge in [0.15, 0.2) is 0 Å². The molecule has 1 aromatic carbocycles. The van der Waals surface area contributed by atoms with Gasteiger partial charge in [-0.25, -0.2) is 4.79 Å². The molecule has 1 heterocycles. The topological polar surface area (TPSA) is 54.3 Å². The zero-order valence-corrected chi connectivity index (χ0v) is 12.4. The van der Waals surface area contributed by atoms with Crippen molar-refractivity contribution in [2.24, 2.45) is 0 Å². The van der Waals surface area contributed by atoms with Crippen molar-refractivity contribution in [2.45, 2.75) is 51.7 Å². The number of carbonyl (C=O) groups is 1. The number of carboxylic acid groups (broad SMARTS) is 1. The smallest absolute Gasteiger partial charge is 0.336 e. The number of nitrogens with one attached hydrogen (secondary N) is 1. The third kappa shape index (κ3) is 2.68. The highest BCUT2D eigenvalue weighted by molar-refractivity contribution is 6.04. The second kappa shape index (κ2) is 5.90. The Labute approximate surface area is 124 Å². The van der Waals surface area contributed by atoms with E-state index in [0.29, 0.717) is 11.6 Å². The van der Waals surface area contributed by atoms with Gasteiger partial charge in [-0.1, -0.05) is 18.9 Å². The predicted molar refractivity (Wildman–Crippen MR) is 83.7 cm³/mol. The molecule has 112 valence electrons. The van der Waals surface area contributed by atoms with Gasteiger partial charge in [-0.2, -0.15) is 0 Å². The Kier molecular flexibility index (Phi) is 3.97. The number of aromatic carboxylic acids is 1. The molecule has 3 rings (SSSR count). The van der Waals surface area contributed by atoms with Gasteiger partial charge in [-0.3, -0.25) is 0 Å². The Morgan fingerprint density at radius 1 is 1.38 bits per heavy atom. The molecule has 1 aromatic heterocycles. The summed E-state index contributed by atoms with van der Waals surface area (Å²) in [4.78, 5) is 11.5. The van der Waals surface area contributed by atoms with E-state index in [1.54, 1.807) is 6.07 Å². The third-order valence-electron chi connectivity index (χ3n) is 4.49. The summed E-state index contributed by atoms with van der Waals surface area (Å²) in [6.07, 6.45) is 7.17. The van der Waals surface area contributed by atoms with E-state index in [1.165, 1.54) is 25.7 Å². The van der Waals surface area contributed by atoms with Gasteiger partial charge < -0.3 is 15.0 Å². The van der Waals surface area contributed by atoms with Crippen LogP contribution in [0.2, 0.25) is 0 Å². The maximum Gasteiger partial charge on any atom is 0.336 e. The quantitative estimate of drug-likeness (QED) is 0.886. The highest BCUT2D eigenvalue weighted by atomic mass is 16.4. The fourth-order valence-electron chi connectivity index (χ4n) is 3.40. The first-order valence-corrected chi connectivity index (χ1v) is 7.78. The van der Waals surface area contributed by atoms with Crippen LogP contribution in [0.15, 0.2) is 24.4 Å². The van der Waals surface area contributed by atoms with Crippen molar-refractivity contribution in [1.29, 1.82) is 0 Å². The van der Waals surface area contributed by atoms with Crippen LogP contribution in [0.5, 0.6) is 0 Å². The van der Waals surface area contributed by atoms with E-state index in [1.807, 2.05) is 12.1 Å². The minimum atomic E-state index is -0.850. The van der Waals surface area contributed by atoms with Crippen molar-refractivity contribution in [2.75, 3.05) is 0 Å². The molecule has 0 saturated heterocycles. The Balaban J connectivity index is 1.97. The maximum absolute atomic E-state index is 11.5. The molecule has 1 aliphatic carbocycles. The van der Waals surface area contributed by atoms with Gasteiger partial charge in [0, 0.05) is 36.2 Å². The summed E-state index contributed by atoms with van der Waals surface area (Å²) in [5.74, 6) is -0.850. The molecule has 0 spiro atoms. The maximum atomic E-state index is 11.5. The third-order valence-corrected chi connectivity index (χ3v) is 4.49. The first kappa shape index (κ1) is 14.1. The minimum Gasteiger partial charge on any atom is -0.478 e.